The van der Waals surface area contributed by atoms with E-state index in [1.165, 1.54) is 23.1 Å². The third-order valence-electron chi connectivity index (χ3n) is 7.19. The Labute approximate surface area is 279 Å². The lowest BCUT2D eigenvalue weighted by Crippen LogP contribution is -2.53. The number of anilines is 1. The summed E-state index contributed by atoms with van der Waals surface area (Å²) >= 11 is 19.2. The summed E-state index contributed by atoms with van der Waals surface area (Å²) in [5.41, 5.74) is 1.50. The molecular formula is C34H34Cl3N3O4S. The van der Waals surface area contributed by atoms with Crippen LogP contribution in [-0.4, -0.2) is 44.3 Å². The van der Waals surface area contributed by atoms with Gasteiger partial charge in [-0.1, -0.05) is 115 Å². The zero-order chi connectivity index (χ0) is 32.4. The number of halogens is 3. The van der Waals surface area contributed by atoms with Gasteiger partial charge in [-0.3, -0.25) is 13.9 Å². The Bertz CT molecular complexity index is 1710. The van der Waals surface area contributed by atoms with E-state index in [-0.39, 0.29) is 34.5 Å². The van der Waals surface area contributed by atoms with Gasteiger partial charge in [0.05, 0.1) is 15.6 Å². The van der Waals surface area contributed by atoms with Crippen molar-refractivity contribution in [2.45, 2.75) is 43.7 Å². The van der Waals surface area contributed by atoms with Crippen LogP contribution < -0.4 is 9.62 Å². The first-order valence-corrected chi connectivity index (χ1v) is 17.1. The second kappa shape index (κ2) is 16.1. The highest BCUT2D eigenvalue weighted by molar-refractivity contribution is 7.92. The SMILES string of the molecule is CCCCNC(=O)[C@H](Cc1ccccc1)N(Cc1ccc(Cl)cc1Cl)C(=O)CN(c1ccccc1Cl)S(=O)(=O)c1ccccc1. The van der Waals surface area contributed by atoms with E-state index in [0.29, 0.717) is 22.2 Å². The molecule has 0 saturated carbocycles. The minimum atomic E-state index is -4.26. The molecule has 0 spiro atoms. The van der Waals surface area contributed by atoms with Gasteiger partial charge in [0, 0.05) is 29.6 Å². The lowest BCUT2D eigenvalue weighted by atomic mass is 10.0. The number of sulfonamides is 1. The Morgan fingerprint density at radius 1 is 0.822 bits per heavy atom. The number of nitrogens with one attached hydrogen (secondary N) is 1. The quantitative estimate of drug-likeness (QED) is 0.140. The molecular weight excluding hydrogens is 653 g/mol. The first-order chi connectivity index (χ1) is 21.6. The molecule has 1 N–H and O–H groups in total. The molecule has 0 unspecified atom stereocenters. The maximum Gasteiger partial charge on any atom is 0.264 e. The molecule has 2 amide bonds. The average Bonchev–Trinajstić information content (AvgIpc) is 3.03. The van der Waals surface area contributed by atoms with E-state index in [0.717, 1.165) is 22.7 Å². The molecule has 0 radical (unpaired) electrons. The van der Waals surface area contributed by atoms with E-state index in [9.17, 15) is 18.0 Å². The summed E-state index contributed by atoms with van der Waals surface area (Å²) in [6.45, 7) is 1.75. The molecule has 1 atom stereocenters. The van der Waals surface area contributed by atoms with Crippen molar-refractivity contribution in [3.63, 3.8) is 0 Å². The second-order valence-electron chi connectivity index (χ2n) is 10.4. The predicted octanol–water partition coefficient (Wildman–Crippen LogP) is 7.40. The average molecular weight is 687 g/mol. The number of rotatable bonds is 14. The number of carbonyl (C=O) groups is 2. The van der Waals surface area contributed by atoms with Gasteiger partial charge in [0.2, 0.25) is 11.8 Å². The number of benzene rings is 4. The van der Waals surface area contributed by atoms with Gasteiger partial charge in [-0.25, -0.2) is 8.42 Å². The highest BCUT2D eigenvalue weighted by atomic mass is 35.5. The molecule has 0 saturated heterocycles. The molecule has 0 aromatic heterocycles. The Morgan fingerprint density at radius 2 is 1.47 bits per heavy atom. The van der Waals surface area contributed by atoms with Crippen LogP contribution in [0.15, 0.2) is 108 Å². The summed E-state index contributed by atoms with van der Waals surface area (Å²) in [6, 6.07) is 27.5. The van der Waals surface area contributed by atoms with Gasteiger partial charge >= 0.3 is 0 Å². The Balaban J connectivity index is 1.81. The van der Waals surface area contributed by atoms with Crippen LogP contribution >= 0.6 is 34.8 Å². The molecule has 0 aliphatic heterocycles. The maximum absolute atomic E-state index is 14.5. The molecule has 45 heavy (non-hydrogen) atoms. The molecule has 0 fully saturated rings. The number of carbonyl (C=O) groups excluding carboxylic acids is 2. The van der Waals surface area contributed by atoms with Gasteiger partial charge in [-0.2, -0.15) is 0 Å². The van der Waals surface area contributed by atoms with E-state index in [4.69, 9.17) is 34.8 Å². The van der Waals surface area contributed by atoms with Gasteiger partial charge in [0.15, 0.2) is 0 Å². The van der Waals surface area contributed by atoms with Crippen molar-refractivity contribution in [3.8, 4) is 0 Å². The topological polar surface area (TPSA) is 86.8 Å². The van der Waals surface area contributed by atoms with Gasteiger partial charge in [-0.05, 0) is 53.9 Å². The van der Waals surface area contributed by atoms with Gasteiger partial charge in [0.25, 0.3) is 10.0 Å². The molecule has 0 bridgehead atoms. The fourth-order valence-corrected chi connectivity index (χ4v) is 6.99. The molecule has 236 valence electrons. The zero-order valence-corrected chi connectivity index (χ0v) is 27.8. The van der Waals surface area contributed by atoms with E-state index in [1.54, 1.807) is 54.6 Å². The third kappa shape index (κ3) is 9.01. The molecule has 4 aromatic rings. The van der Waals surface area contributed by atoms with Gasteiger partial charge < -0.3 is 10.2 Å². The molecule has 4 aromatic carbocycles. The van der Waals surface area contributed by atoms with Crippen LogP contribution in [0, 0.1) is 0 Å². The third-order valence-corrected chi connectivity index (χ3v) is 9.87. The summed E-state index contributed by atoms with van der Waals surface area (Å²) < 4.78 is 29.1. The van der Waals surface area contributed by atoms with Crippen LogP contribution in [0.25, 0.3) is 0 Å². The lowest BCUT2D eigenvalue weighted by Gasteiger charge is -2.34. The van der Waals surface area contributed by atoms with Crippen LogP contribution in [0.5, 0.6) is 0 Å². The fourth-order valence-electron chi connectivity index (χ4n) is 4.78. The first kappa shape index (κ1) is 34.3. The molecule has 0 heterocycles. The van der Waals surface area contributed by atoms with Crippen LogP contribution in [0.3, 0.4) is 0 Å². The van der Waals surface area contributed by atoms with Crippen LogP contribution in [0.4, 0.5) is 5.69 Å². The summed E-state index contributed by atoms with van der Waals surface area (Å²) in [7, 11) is -4.26. The Morgan fingerprint density at radius 3 is 2.11 bits per heavy atom. The molecule has 0 aliphatic carbocycles. The van der Waals surface area contributed by atoms with Gasteiger partial charge in [-0.15, -0.1) is 0 Å². The predicted molar refractivity (Wildman–Crippen MR) is 181 cm³/mol. The normalized spacial score (nSPS) is 11.9. The molecule has 7 nitrogen and oxygen atoms in total. The fraction of sp³-hybridized carbons (Fsp3) is 0.235. The number of amides is 2. The molecule has 0 aliphatic rings. The highest BCUT2D eigenvalue weighted by Gasteiger charge is 2.35. The second-order valence-corrected chi connectivity index (χ2v) is 13.5. The van der Waals surface area contributed by atoms with Gasteiger partial charge in [0.1, 0.15) is 12.6 Å². The Hall–Kier alpha value is -3.56. The van der Waals surface area contributed by atoms with Crippen molar-refractivity contribution >= 4 is 62.3 Å². The highest BCUT2D eigenvalue weighted by Crippen LogP contribution is 2.31. The van der Waals surface area contributed by atoms with Crippen LogP contribution in [0.1, 0.15) is 30.9 Å². The zero-order valence-electron chi connectivity index (χ0n) is 24.7. The number of hydrogen-bond donors (Lipinski definition) is 1. The first-order valence-electron chi connectivity index (χ1n) is 14.5. The Kier molecular flexibility index (Phi) is 12.3. The summed E-state index contributed by atoms with van der Waals surface area (Å²) in [4.78, 5) is 29.7. The van der Waals surface area contributed by atoms with Crippen molar-refractivity contribution in [3.05, 3.63) is 129 Å². The van der Waals surface area contributed by atoms with Crippen molar-refractivity contribution < 1.29 is 18.0 Å². The smallest absolute Gasteiger partial charge is 0.264 e. The number of nitrogens with zero attached hydrogens (tertiary/aromatic N) is 2. The molecule has 4 rings (SSSR count). The van der Waals surface area contributed by atoms with E-state index < -0.39 is 28.5 Å². The lowest BCUT2D eigenvalue weighted by molar-refractivity contribution is -0.140. The number of unbranched alkanes of at least 4 members (excludes halogenated alkanes) is 1. The van der Waals surface area contributed by atoms with E-state index >= 15 is 0 Å². The van der Waals surface area contributed by atoms with E-state index in [1.807, 2.05) is 37.3 Å². The minimum absolute atomic E-state index is 0.0110. The van der Waals surface area contributed by atoms with Crippen molar-refractivity contribution in [1.82, 2.24) is 10.2 Å². The number of hydrogen-bond acceptors (Lipinski definition) is 4. The van der Waals surface area contributed by atoms with E-state index in [2.05, 4.69) is 5.32 Å². The molecule has 11 heteroatoms. The standard InChI is InChI=1S/C34H34Cl3N3O4S/c1-2-3-20-38-34(42)32(21-25-12-6-4-7-13-25)39(23-26-18-19-27(35)22-30(26)37)33(41)24-40(31-17-11-10-16-29(31)36)45(43,44)28-14-8-5-9-15-28/h4-19,22,32H,2-3,20-21,23-24H2,1H3,(H,38,42)/t32-/m0/s1. The monoisotopic (exact) mass is 685 g/mol. The summed E-state index contributed by atoms with van der Waals surface area (Å²) in [5.74, 6) is -0.979. The van der Waals surface area contributed by atoms with Crippen molar-refractivity contribution in [1.29, 1.82) is 0 Å². The van der Waals surface area contributed by atoms with Crippen molar-refractivity contribution in [2.75, 3.05) is 17.4 Å². The van der Waals surface area contributed by atoms with Crippen LogP contribution in [0.2, 0.25) is 15.1 Å². The minimum Gasteiger partial charge on any atom is -0.354 e. The maximum atomic E-state index is 14.5. The summed E-state index contributed by atoms with van der Waals surface area (Å²) in [5, 5.41) is 3.83. The summed E-state index contributed by atoms with van der Waals surface area (Å²) in [6.07, 6.45) is 1.82. The largest absolute Gasteiger partial charge is 0.354 e. The van der Waals surface area contributed by atoms with Crippen molar-refractivity contribution in [2.24, 2.45) is 0 Å². The number of para-hydroxylation sites is 1. The van der Waals surface area contributed by atoms with Crippen LogP contribution in [-0.2, 0) is 32.6 Å².